The number of aliphatic hydroxyl groups is 1. The maximum Gasteiger partial charge on any atom is 1.00 e. The van der Waals surface area contributed by atoms with Gasteiger partial charge in [-0.15, -0.1) is 0 Å². The molecule has 2 unspecified atom stereocenters. The molecular weight excluding hydrogens is 577 g/mol. The van der Waals surface area contributed by atoms with Crippen molar-refractivity contribution in [2.45, 2.75) is 24.6 Å². The number of cyclic esters (lactones) is 2. The second kappa shape index (κ2) is 16.6. The molecule has 0 aliphatic carbocycles. The van der Waals surface area contributed by atoms with E-state index in [-0.39, 0.29) is 60.1 Å². The first kappa shape index (κ1) is 38.2. The first-order valence-corrected chi connectivity index (χ1v) is 11.1. The van der Waals surface area contributed by atoms with Crippen molar-refractivity contribution in [3.8, 4) is 0 Å². The largest absolute Gasteiger partial charge is 1.00 e. The second-order valence-corrected chi connectivity index (χ2v) is 7.76. The second-order valence-electron chi connectivity index (χ2n) is 7.76. The van der Waals surface area contributed by atoms with Gasteiger partial charge in [-0.05, 0) is 17.7 Å². The first-order valence-electron chi connectivity index (χ1n) is 11.1. The molecule has 42 heavy (non-hydrogen) atoms. The minimum absolute atomic E-state index is 0. The van der Waals surface area contributed by atoms with Gasteiger partial charge in [-0.25, -0.2) is 9.59 Å². The maximum atomic E-state index is 12.9. The van der Waals surface area contributed by atoms with Gasteiger partial charge in [-0.2, -0.15) is 26.3 Å². The Hall–Kier alpha value is -3.77. The van der Waals surface area contributed by atoms with E-state index in [2.05, 4.69) is 4.74 Å². The number of halogens is 6. The van der Waals surface area contributed by atoms with Gasteiger partial charge in [0, 0.05) is 5.56 Å². The van der Waals surface area contributed by atoms with Crippen LogP contribution in [0.3, 0.4) is 0 Å². The Balaban J connectivity index is 0.000000652. The monoisotopic (exact) mass is 600 g/mol. The van der Waals surface area contributed by atoms with Crippen LogP contribution in [0.2, 0.25) is 0 Å². The summed E-state index contributed by atoms with van der Waals surface area (Å²) >= 11 is 0. The summed E-state index contributed by atoms with van der Waals surface area (Å²) in [4.78, 5) is 31.5. The average molecular weight is 600 g/mol. The zero-order valence-corrected chi connectivity index (χ0v) is 22.2. The third-order valence-corrected chi connectivity index (χ3v) is 5.18. The number of hydrogen-bond donors (Lipinski definition) is 1. The van der Waals surface area contributed by atoms with Crippen LogP contribution in [-0.4, -0.2) is 55.7 Å². The molecule has 2 aromatic rings. The molecule has 2 atom stereocenters. The summed E-state index contributed by atoms with van der Waals surface area (Å²) in [5.41, 5.74) is -2.57. The van der Waals surface area contributed by atoms with Gasteiger partial charge in [0.05, 0.1) is 37.5 Å². The minimum atomic E-state index is -4.61. The van der Waals surface area contributed by atoms with E-state index in [0.29, 0.717) is 5.76 Å². The Morgan fingerprint density at radius 3 is 1.86 bits per heavy atom. The first-order chi connectivity index (χ1) is 18.7. The number of aliphatic hydroxyl groups excluding tert-OH is 1. The van der Waals surface area contributed by atoms with Crippen molar-refractivity contribution in [1.29, 1.82) is 0 Å². The number of ether oxygens (including phenoxy) is 4. The molecular formula is C26H23F6LiO9. The smallest absolute Gasteiger partial charge is 0.870 e. The van der Waals surface area contributed by atoms with Gasteiger partial charge in [0.15, 0.2) is 12.4 Å². The Labute approximate surface area is 247 Å². The molecule has 2 N–H and O–H groups in total. The third kappa shape index (κ3) is 10.6. The SMILES string of the molecule is COC1=CC(=O)OC1.COC1=CC(=O)OC1C(O)c1ccccc1C(F)(F)F.O=Cc1ccccc1C(F)(F)F.[Li+].[OH-]. The summed E-state index contributed by atoms with van der Waals surface area (Å²) in [6.45, 7) is 0.287. The maximum absolute atomic E-state index is 12.9. The molecule has 4 rings (SSSR count). The zero-order valence-electron chi connectivity index (χ0n) is 22.2. The number of aldehydes is 1. The van der Waals surface area contributed by atoms with Crippen LogP contribution in [0, 0.1) is 0 Å². The summed E-state index contributed by atoms with van der Waals surface area (Å²) in [6, 6.07) is 9.21. The standard InChI is InChI=1S/C13H11F3O4.C8H5F3O.C5H6O3.Li.H2O/c1-19-9-6-10(17)20-12(9)11(18)7-4-2-3-5-8(7)13(14,15)16;9-8(10,11)7-4-2-1-3-6(7)5-12;1-7-4-2-5(6)8-3-4;;/h2-6,11-12,18H,1H3;1-5H;2H,3H2,1H3;;1H2/q;;;+1;/p-1. The molecule has 2 aliphatic rings. The van der Waals surface area contributed by atoms with Gasteiger partial charge in [0.2, 0.25) is 0 Å². The van der Waals surface area contributed by atoms with E-state index in [0.717, 1.165) is 30.3 Å². The minimum Gasteiger partial charge on any atom is -0.870 e. The van der Waals surface area contributed by atoms with Gasteiger partial charge in [-0.3, -0.25) is 4.79 Å². The quantitative estimate of drug-likeness (QED) is 0.235. The van der Waals surface area contributed by atoms with Crippen molar-refractivity contribution < 1.29 is 89.1 Å². The molecule has 224 valence electrons. The van der Waals surface area contributed by atoms with Gasteiger partial charge < -0.3 is 29.5 Å². The van der Waals surface area contributed by atoms with Crippen LogP contribution in [0.25, 0.3) is 0 Å². The number of methoxy groups -OCH3 is 2. The van der Waals surface area contributed by atoms with E-state index in [1.807, 2.05) is 0 Å². The Kier molecular flexibility index (Phi) is 15.1. The van der Waals surface area contributed by atoms with E-state index < -0.39 is 41.7 Å². The molecule has 0 aromatic heterocycles. The molecule has 0 saturated heterocycles. The van der Waals surface area contributed by atoms with Crippen LogP contribution in [0.15, 0.2) is 72.2 Å². The van der Waals surface area contributed by atoms with Gasteiger partial charge in [0.25, 0.3) is 0 Å². The number of rotatable bonds is 5. The van der Waals surface area contributed by atoms with Crippen LogP contribution in [0.4, 0.5) is 26.3 Å². The molecule has 0 fully saturated rings. The van der Waals surface area contributed by atoms with Crippen LogP contribution in [0.1, 0.15) is 33.2 Å². The average Bonchev–Trinajstić information content (AvgIpc) is 3.52. The molecule has 16 heteroatoms. The zero-order chi connectivity index (χ0) is 30.1. The number of carbonyl (C=O) groups excluding carboxylic acids is 3. The number of hydrogen-bond acceptors (Lipinski definition) is 9. The fourth-order valence-corrected chi connectivity index (χ4v) is 3.32. The van der Waals surface area contributed by atoms with Crippen LogP contribution >= 0.6 is 0 Å². The third-order valence-electron chi connectivity index (χ3n) is 5.18. The van der Waals surface area contributed by atoms with Crippen molar-refractivity contribution in [2.75, 3.05) is 20.8 Å². The van der Waals surface area contributed by atoms with E-state index in [4.69, 9.17) is 14.2 Å². The Morgan fingerprint density at radius 1 is 0.881 bits per heavy atom. The topological polar surface area (TPSA) is 138 Å². The molecule has 0 bridgehead atoms. The van der Waals surface area contributed by atoms with E-state index in [1.54, 1.807) is 0 Å². The van der Waals surface area contributed by atoms with Crippen LogP contribution < -0.4 is 18.9 Å². The van der Waals surface area contributed by atoms with Gasteiger partial charge in [-0.1, -0.05) is 36.4 Å². The number of alkyl halides is 6. The van der Waals surface area contributed by atoms with E-state index in [1.165, 1.54) is 44.6 Å². The molecule has 2 aliphatic heterocycles. The fraction of sp³-hybridized carbons (Fsp3) is 0.269. The van der Waals surface area contributed by atoms with E-state index >= 15 is 0 Å². The predicted molar refractivity (Wildman–Crippen MR) is 126 cm³/mol. The van der Waals surface area contributed by atoms with E-state index in [9.17, 15) is 45.8 Å². The summed E-state index contributed by atoms with van der Waals surface area (Å²) < 4.78 is 93.7. The molecule has 0 amide bonds. The molecule has 0 radical (unpaired) electrons. The predicted octanol–water partition coefficient (Wildman–Crippen LogP) is 1.61. The van der Waals surface area contributed by atoms with Crippen LogP contribution in [-0.2, 0) is 40.9 Å². The summed E-state index contributed by atoms with van der Waals surface area (Å²) in [6.07, 6.45) is -9.48. The van der Waals surface area contributed by atoms with Gasteiger partial charge in [0.1, 0.15) is 24.2 Å². The van der Waals surface area contributed by atoms with Crippen molar-refractivity contribution in [3.05, 3.63) is 94.5 Å². The molecule has 2 aromatic carbocycles. The van der Waals surface area contributed by atoms with Crippen molar-refractivity contribution in [1.82, 2.24) is 0 Å². The molecule has 0 saturated carbocycles. The normalized spacial score (nSPS) is 16.3. The van der Waals surface area contributed by atoms with Crippen molar-refractivity contribution in [2.24, 2.45) is 0 Å². The Bertz CT molecular complexity index is 1280. The Morgan fingerprint density at radius 2 is 1.43 bits per heavy atom. The fourth-order valence-electron chi connectivity index (χ4n) is 3.32. The molecule has 2 heterocycles. The van der Waals surface area contributed by atoms with Crippen molar-refractivity contribution >= 4 is 18.2 Å². The molecule has 0 spiro atoms. The number of benzene rings is 2. The van der Waals surface area contributed by atoms with Gasteiger partial charge >= 0.3 is 43.2 Å². The number of esters is 2. The van der Waals surface area contributed by atoms with Crippen LogP contribution in [0.5, 0.6) is 0 Å². The molecule has 9 nitrogen and oxygen atoms in total. The van der Waals surface area contributed by atoms with Crippen molar-refractivity contribution in [3.63, 3.8) is 0 Å². The number of carbonyl (C=O) groups is 3. The summed E-state index contributed by atoms with van der Waals surface area (Å²) in [5.74, 6) is -0.508. The summed E-state index contributed by atoms with van der Waals surface area (Å²) in [7, 11) is 2.75. The summed E-state index contributed by atoms with van der Waals surface area (Å²) in [5, 5.41) is 10.1.